The van der Waals surface area contributed by atoms with Crippen molar-refractivity contribution < 1.29 is 9.53 Å². The molecule has 0 aliphatic carbocycles. The molecule has 3 rings (SSSR count). The number of amides is 1. The molecule has 1 amide bonds. The van der Waals surface area contributed by atoms with Gasteiger partial charge in [-0.3, -0.25) is 4.79 Å². The molecule has 2 aromatic carbocycles. The molecule has 0 spiro atoms. The molecular weight excluding hydrogens is 286 g/mol. The monoisotopic (exact) mass is 301 g/mol. The number of carbonyl (C=O) groups excluding carboxylic acids is 1. The zero-order chi connectivity index (χ0) is 15.0. The van der Waals surface area contributed by atoms with Crippen LogP contribution in [0.5, 0.6) is 5.75 Å². The van der Waals surface area contributed by atoms with Crippen molar-refractivity contribution in [3.8, 4) is 5.75 Å². The van der Waals surface area contributed by atoms with Crippen LogP contribution < -0.4 is 10.1 Å². The minimum atomic E-state index is -0.686. The average molecular weight is 302 g/mol. The number of methoxy groups -OCH3 is 1. The van der Waals surface area contributed by atoms with E-state index in [4.69, 9.17) is 16.3 Å². The van der Waals surface area contributed by atoms with Gasteiger partial charge in [-0.15, -0.1) is 0 Å². The average Bonchev–Trinajstić information content (AvgIpc) is 2.79. The number of benzene rings is 2. The van der Waals surface area contributed by atoms with Crippen LogP contribution in [0.25, 0.3) is 0 Å². The van der Waals surface area contributed by atoms with Crippen molar-refractivity contribution in [2.45, 2.75) is 18.8 Å². The van der Waals surface area contributed by atoms with E-state index in [2.05, 4.69) is 5.32 Å². The third kappa shape index (κ3) is 2.00. The van der Waals surface area contributed by atoms with Crippen LogP contribution in [0, 0.1) is 0 Å². The molecule has 1 aliphatic heterocycles. The van der Waals surface area contributed by atoms with Crippen LogP contribution in [0.4, 0.5) is 5.69 Å². The number of hydrogen-bond acceptors (Lipinski definition) is 2. The lowest BCUT2D eigenvalue weighted by Gasteiger charge is -2.27. The second-order valence-corrected chi connectivity index (χ2v) is 5.57. The minimum Gasteiger partial charge on any atom is -0.497 e. The molecular formula is C17H16ClNO2. The Morgan fingerprint density at radius 2 is 1.90 bits per heavy atom. The largest absolute Gasteiger partial charge is 0.497 e. The number of fused-ring (bicyclic) bond motifs is 1. The molecule has 2 aromatic rings. The summed E-state index contributed by atoms with van der Waals surface area (Å²) < 4.78 is 5.31. The summed E-state index contributed by atoms with van der Waals surface area (Å²) in [5.41, 5.74) is 2.06. The third-order valence-electron chi connectivity index (χ3n) is 4.19. The summed E-state index contributed by atoms with van der Waals surface area (Å²) >= 11 is 5.97. The Kier molecular flexibility index (Phi) is 3.38. The first-order valence-electron chi connectivity index (χ1n) is 6.88. The summed E-state index contributed by atoms with van der Waals surface area (Å²) in [7, 11) is 1.63. The van der Waals surface area contributed by atoms with Crippen LogP contribution in [-0.2, 0) is 10.2 Å². The van der Waals surface area contributed by atoms with Gasteiger partial charge in [0.15, 0.2) is 0 Å². The molecule has 108 valence electrons. The standard InChI is InChI=1S/C17H16ClNO2/c1-3-17(11-4-6-12(18)7-5-11)14-10-13(21-2)8-9-15(14)19-16(17)20/h4-10H,3H2,1-2H3,(H,19,20). The molecule has 1 aliphatic rings. The van der Waals surface area contributed by atoms with E-state index < -0.39 is 5.41 Å². The Labute approximate surface area is 128 Å². The predicted molar refractivity (Wildman–Crippen MR) is 84.1 cm³/mol. The van der Waals surface area contributed by atoms with Crippen LogP contribution in [0.2, 0.25) is 5.02 Å². The summed E-state index contributed by atoms with van der Waals surface area (Å²) in [5.74, 6) is 0.743. The number of carbonyl (C=O) groups is 1. The van der Waals surface area contributed by atoms with E-state index in [1.165, 1.54) is 0 Å². The second-order valence-electron chi connectivity index (χ2n) is 5.13. The van der Waals surface area contributed by atoms with Gasteiger partial charge in [0.05, 0.1) is 7.11 Å². The van der Waals surface area contributed by atoms with Gasteiger partial charge in [0.1, 0.15) is 11.2 Å². The summed E-state index contributed by atoms with van der Waals surface area (Å²) in [5, 5.41) is 3.64. The molecule has 0 bridgehead atoms. The zero-order valence-electron chi connectivity index (χ0n) is 11.9. The SMILES string of the molecule is CCC1(c2ccc(Cl)cc2)C(=O)Nc2ccc(OC)cc21. The summed E-state index contributed by atoms with van der Waals surface area (Å²) in [6.45, 7) is 2.02. The Morgan fingerprint density at radius 3 is 2.52 bits per heavy atom. The molecule has 0 radical (unpaired) electrons. The van der Waals surface area contributed by atoms with E-state index in [1.54, 1.807) is 7.11 Å². The van der Waals surface area contributed by atoms with Gasteiger partial charge in [0.2, 0.25) is 5.91 Å². The van der Waals surface area contributed by atoms with Crippen LogP contribution >= 0.6 is 11.6 Å². The van der Waals surface area contributed by atoms with E-state index in [9.17, 15) is 4.79 Å². The number of ether oxygens (including phenoxy) is 1. The molecule has 1 atom stereocenters. The molecule has 0 saturated heterocycles. The molecule has 1 N–H and O–H groups in total. The van der Waals surface area contributed by atoms with Crippen molar-refractivity contribution in [1.29, 1.82) is 0 Å². The first kappa shape index (κ1) is 14.0. The van der Waals surface area contributed by atoms with Crippen molar-refractivity contribution in [1.82, 2.24) is 0 Å². The van der Waals surface area contributed by atoms with E-state index in [-0.39, 0.29) is 5.91 Å². The van der Waals surface area contributed by atoms with Crippen molar-refractivity contribution >= 4 is 23.2 Å². The number of halogens is 1. The fourth-order valence-corrected chi connectivity index (χ4v) is 3.17. The van der Waals surface area contributed by atoms with Gasteiger partial charge in [0, 0.05) is 10.7 Å². The van der Waals surface area contributed by atoms with Gasteiger partial charge in [-0.05, 0) is 47.9 Å². The smallest absolute Gasteiger partial charge is 0.239 e. The normalized spacial score (nSPS) is 20.0. The van der Waals surface area contributed by atoms with Crippen LogP contribution in [0.3, 0.4) is 0 Å². The minimum absolute atomic E-state index is 0.00410. The maximum Gasteiger partial charge on any atom is 0.239 e. The van der Waals surface area contributed by atoms with Gasteiger partial charge >= 0.3 is 0 Å². The van der Waals surface area contributed by atoms with E-state index in [0.717, 1.165) is 22.6 Å². The Bertz CT molecular complexity index is 696. The van der Waals surface area contributed by atoms with Crippen molar-refractivity contribution in [3.05, 3.63) is 58.6 Å². The molecule has 1 heterocycles. The van der Waals surface area contributed by atoms with E-state index in [1.807, 2.05) is 49.4 Å². The summed E-state index contributed by atoms with van der Waals surface area (Å²) in [6, 6.07) is 13.1. The van der Waals surface area contributed by atoms with E-state index >= 15 is 0 Å². The molecule has 1 unspecified atom stereocenters. The first-order chi connectivity index (χ1) is 10.1. The van der Waals surface area contributed by atoms with Crippen LogP contribution in [0.1, 0.15) is 24.5 Å². The molecule has 4 heteroatoms. The second kappa shape index (κ2) is 5.08. The van der Waals surface area contributed by atoms with Gasteiger partial charge in [0.25, 0.3) is 0 Å². The maximum absolute atomic E-state index is 12.7. The number of hydrogen-bond donors (Lipinski definition) is 1. The summed E-state index contributed by atoms with van der Waals surface area (Å²) in [4.78, 5) is 12.7. The Morgan fingerprint density at radius 1 is 1.19 bits per heavy atom. The number of rotatable bonds is 3. The number of nitrogens with one attached hydrogen (secondary N) is 1. The molecule has 0 aromatic heterocycles. The third-order valence-corrected chi connectivity index (χ3v) is 4.44. The fourth-order valence-electron chi connectivity index (χ4n) is 3.04. The van der Waals surface area contributed by atoms with Gasteiger partial charge < -0.3 is 10.1 Å². The van der Waals surface area contributed by atoms with E-state index in [0.29, 0.717) is 11.4 Å². The predicted octanol–water partition coefficient (Wildman–Crippen LogP) is 4.00. The number of anilines is 1. The van der Waals surface area contributed by atoms with Crippen molar-refractivity contribution in [2.75, 3.05) is 12.4 Å². The van der Waals surface area contributed by atoms with Crippen molar-refractivity contribution in [2.24, 2.45) is 0 Å². The van der Waals surface area contributed by atoms with Gasteiger partial charge in [-0.25, -0.2) is 0 Å². The highest BCUT2D eigenvalue weighted by atomic mass is 35.5. The highest BCUT2D eigenvalue weighted by molar-refractivity contribution is 6.30. The molecule has 0 saturated carbocycles. The lowest BCUT2D eigenvalue weighted by Crippen LogP contribution is -2.35. The van der Waals surface area contributed by atoms with Crippen LogP contribution in [-0.4, -0.2) is 13.0 Å². The highest BCUT2D eigenvalue weighted by Crippen LogP contribution is 2.46. The van der Waals surface area contributed by atoms with Crippen LogP contribution in [0.15, 0.2) is 42.5 Å². The highest BCUT2D eigenvalue weighted by Gasteiger charge is 2.46. The molecule has 0 fully saturated rings. The zero-order valence-corrected chi connectivity index (χ0v) is 12.7. The topological polar surface area (TPSA) is 38.3 Å². The lowest BCUT2D eigenvalue weighted by atomic mass is 9.73. The Balaban J connectivity index is 2.23. The maximum atomic E-state index is 12.7. The first-order valence-corrected chi connectivity index (χ1v) is 7.25. The summed E-state index contributed by atoms with van der Waals surface area (Å²) in [6.07, 6.45) is 0.667. The van der Waals surface area contributed by atoms with Crippen molar-refractivity contribution in [3.63, 3.8) is 0 Å². The fraction of sp³-hybridized carbons (Fsp3) is 0.235. The molecule has 3 nitrogen and oxygen atoms in total. The van der Waals surface area contributed by atoms with Gasteiger partial charge in [-0.2, -0.15) is 0 Å². The lowest BCUT2D eigenvalue weighted by molar-refractivity contribution is -0.119. The molecule has 21 heavy (non-hydrogen) atoms. The van der Waals surface area contributed by atoms with Gasteiger partial charge in [-0.1, -0.05) is 30.7 Å². The quantitative estimate of drug-likeness (QED) is 0.930. The Hall–Kier alpha value is -2.00.